The first-order valence-electron chi connectivity index (χ1n) is 8.28. The van der Waals surface area contributed by atoms with Gasteiger partial charge in [0.25, 0.3) is 0 Å². The van der Waals surface area contributed by atoms with Crippen molar-refractivity contribution in [3.05, 3.63) is 28.8 Å². The van der Waals surface area contributed by atoms with Crippen molar-refractivity contribution in [1.82, 2.24) is 4.90 Å². The first-order valence-corrected chi connectivity index (χ1v) is 8.66. The number of hydrogen-bond donors (Lipinski definition) is 2. The third-order valence-electron chi connectivity index (χ3n) is 4.14. The lowest BCUT2D eigenvalue weighted by Crippen LogP contribution is -2.50. The van der Waals surface area contributed by atoms with Crippen LogP contribution in [0.5, 0.6) is 0 Å². The molecular weight excluding hydrogens is 328 g/mol. The van der Waals surface area contributed by atoms with Crippen molar-refractivity contribution in [1.29, 1.82) is 0 Å². The van der Waals surface area contributed by atoms with E-state index in [2.05, 4.69) is 5.32 Å². The second-order valence-electron chi connectivity index (χ2n) is 7.50. The van der Waals surface area contributed by atoms with E-state index in [9.17, 15) is 9.90 Å². The van der Waals surface area contributed by atoms with Gasteiger partial charge in [0.2, 0.25) is 0 Å². The van der Waals surface area contributed by atoms with Gasteiger partial charge in [-0.3, -0.25) is 0 Å². The van der Waals surface area contributed by atoms with Gasteiger partial charge in [-0.25, -0.2) is 4.79 Å². The van der Waals surface area contributed by atoms with E-state index in [1.807, 2.05) is 45.9 Å². The topological polar surface area (TPSA) is 61.8 Å². The second-order valence-corrected chi connectivity index (χ2v) is 7.94. The van der Waals surface area contributed by atoms with Gasteiger partial charge in [0, 0.05) is 30.3 Å². The summed E-state index contributed by atoms with van der Waals surface area (Å²) in [5.74, 6) is 0. The molecule has 1 saturated heterocycles. The van der Waals surface area contributed by atoms with Gasteiger partial charge in [-0.05, 0) is 64.3 Å². The maximum Gasteiger partial charge on any atom is 0.410 e. The molecule has 0 bridgehead atoms. The average Bonchev–Trinajstić information content (AvgIpc) is 2.45. The van der Waals surface area contributed by atoms with Crippen molar-refractivity contribution < 1.29 is 14.6 Å². The van der Waals surface area contributed by atoms with E-state index >= 15 is 0 Å². The van der Waals surface area contributed by atoms with Crippen LogP contribution in [-0.2, 0) is 4.74 Å². The summed E-state index contributed by atoms with van der Waals surface area (Å²) in [4.78, 5) is 13.7. The van der Waals surface area contributed by atoms with Crippen LogP contribution in [-0.4, -0.2) is 46.9 Å². The number of piperidine rings is 1. The summed E-state index contributed by atoms with van der Waals surface area (Å²) in [6.45, 7) is 8.96. The number of carbonyl (C=O) groups excluding carboxylic acids is 1. The van der Waals surface area contributed by atoms with Gasteiger partial charge in [0.15, 0.2) is 0 Å². The SMILES string of the molecule is Cc1cc(Cl)ccc1NCC1(O)CCN(C(=O)OC(C)(C)C)CC1. The monoisotopic (exact) mass is 354 g/mol. The molecule has 1 aromatic rings. The number of anilines is 1. The zero-order valence-electron chi connectivity index (χ0n) is 14.9. The van der Waals surface area contributed by atoms with Crippen molar-refractivity contribution in [3.8, 4) is 0 Å². The highest BCUT2D eigenvalue weighted by Crippen LogP contribution is 2.26. The number of hydrogen-bond acceptors (Lipinski definition) is 4. The Balaban J connectivity index is 1.87. The molecule has 5 nitrogen and oxygen atoms in total. The summed E-state index contributed by atoms with van der Waals surface area (Å²) in [6.07, 6.45) is 0.726. The molecule has 1 aliphatic heterocycles. The van der Waals surface area contributed by atoms with Crippen LogP contribution < -0.4 is 5.32 Å². The number of halogens is 1. The summed E-state index contributed by atoms with van der Waals surface area (Å²) < 4.78 is 5.38. The highest BCUT2D eigenvalue weighted by molar-refractivity contribution is 6.30. The number of carbonyl (C=O) groups is 1. The molecule has 2 rings (SSSR count). The highest BCUT2D eigenvalue weighted by atomic mass is 35.5. The lowest BCUT2D eigenvalue weighted by Gasteiger charge is -2.38. The normalized spacial score (nSPS) is 17.5. The molecule has 0 atom stereocenters. The molecule has 6 heteroatoms. The highest BCUT2D eigenvalue weighted by Gasteiger charge is 2.35. The predicted molar refractivity (Wildman–Crippen MR) is 96.7 cm³/mol. The van der Waals surface area contributed by atoms with Gasteiger partial charge in [0.05, 0.1) is 5.60 Å². The molecule has 1 fully saturated rings. The second kappa shape index (κ2) is 7.19. The first kappa shape index (κ1) is 18.9. The zero-order valence-corrected chi connectivity index (χ0v) is 15.6. The number of ether oxygens (including phenoxy) is 1. The van der Waals surface area contributed by atoms with Crippen molar-refractivity contribution in [3.63, 3.8) is 0 Å². The zero-order chi connectivity index (χ0) is 18.0. The molecule has 1 aromatic carbocycles. The number of likely N-dealkylation sites (tertiary alicyclic amines) is 1. The minimum Gasteiger partial charge on any atom is -0.444 e. The minimum absolute atomic E-state index is 0.314. The molecule has 0 spiro atoms. The molecular formula is C18H27ClN2O3. The largest absolute Gasteiger partial charge is 0.444 e. The van der Waals surface area contributed by atoms with E-state index in [0.717, 1.165) is 11.3 Å². The summed E-state index contributed by atoms with van der Waals surface area (Å²) in [5, 5.41) is 14.7. The smallest absolute Gasteiger partial charge is 0.410 e. The summed E-state index contributed by atoms with van der Waals surface area (Å²) in [7, 11) is 0. The Morgan fingerprint density at radius 2 is 2.00 bits per heavy atom. The molecule has 1 aliphatic rings. The summed E-state index contributed by atoms with van der Waals surface area (Å²) >= 11 is 5.96. The van der Waals surface area contributed by atoms with Crippen molar-refractivity contribution in [2.24, 2.45) is 0 Å². The predicted octanol–water partition coefficient (Wildman–Crippen LogP) is 3.82. The fourth-order valence-electron chi connectivity index (χ4n) is 2.69. The van der Waals surface area contributed by atoms with Gasteiger partial charge in [-0.1, -0.05) is 11.6 Å². The third-order valence-corrected chi connectivity index (χ3v) is 4.38. The van der Waals surface area contributed by atoms with Crippen LogP contribution in [0.15, 0.2) is 18.2 Å². The lowest BCUT2D eigenvalue weighted by molar-refractivity contribution is -0.0244. The Bertz CT molecular complexity index is 590. The molecule has 0 aromatic heterocycles. The van der Waals surface area contributed by atoms with Crippen LogP contribution in [0.25, 0.3) is 0 Å². The molecule has 2 N–H and O–H groups in total. The van der Waals surface area contributed by atoms with E-state index in [4.69, 9.17) is 16.3 Å². The van der Waals surface area contributed by atoms with Crippen molar-refractivity contribution in [2.45, 2.75) is 51.7 Å². The average molecular weight is 355 g/mol. The van der Waals surface area contributed by atoms with E-state index in [-0.39, 0.29) is 6.09 Å². The van der Waals surface area contributed by atoms with E-state index in [1.165, 1.54) is 0 Å². The molecule has 24 heavy (non-hydrogen) atoms. The fourth-order valence-corrected chi connectivity index (χ4v) is 2.92. The maximum absolute atomic E-state index is 12.1. The maximum atomic E-state index is 12.1. The third kappa shape index (κ3) is 5.28. The quantitative estimate of drug-likeness (QED) is 0.866. The number of nitrogens with zero attached hydrogens (tertiary/aromatic N) is 1. The Hall–Kier alpha value is -1.46. The van der Waals surface area contributed by atoms with Crippen LogP contribution in [0.3, 0.4) is 0 Å². The summed E-state index contributed by atoms with van der Waals surface area (Å²) in [5.41, 5.74) is 0.669. The van der Waals surface area contributed by atoms with Gasteiger partial charge in [-0.15, -0.1) is 0 Å². The standard InChI is InChI=1S/C18H27ClN2O3/c1-13-11-14(19)5-6-15(13)20-12-18(23)7-9-21(10-8-18)16(22)24-17(2,3)4/h5-6,11,20,23H,7-10,12H2,1-4H3. The fraction of sp³-hybridized carbons (Fsp3) is 0.611. The van der Waals surface area contributed by atoms with E-state index in [0.29, 0.717) is 37.5 Å². The number of rotatable bonds is 3. The lowest BCUT2D eigenvalue weighted by atomic mass is 9.91. The Morgan fingerprint density at radius 1 is 1.38 bits per heavy atom. The number of nitrogens with one attached hydrogen (secondary N) is 1. The number of amides is 1. The molecule has 0 aliphatic carbocycles. The number of benzene rings is 1. The van der Waals surface area contributed by atoms with Crippen LogP contribution in [0, 0.1) is 6.92 Å². The first-order chi connectivity index (χ1) is 11.1. The van der Waals surface area contributed by atoms with Crippen molar-refractivity contribution >= 4 is 23.4 Å². The molecule has 0 radical (unpaired) electrons. The molecule has 134 valence electrons. The Labute approximate surface area is 148 Å². The molecule has 1 amide bonds. The van der Waals surface area contributed by atoms with E-state index < -0.39 is 11.2 Å². The van der Waals surface area contributed by atoms with Gasteiger partial charge in [-0.2, -0.15) is 0 Å². The summed E-state index contributed by atoms with van der Waals surface area (Å²) in [6, 6.07) is 5.63. The van der Waals surface area contributed by atoms with Crippen LogP contribution in [0.4, 0.5) is 10.5 Å². The Morgan fingerprint density at radius 3 is 2.54 bits per heavy atom. The van der Waals surface area contributed by atoms with Gasteiger partial charge in [0.1, 0.15) is 5.60 Å². The molecule has 1 heterocycles. The van der Waals surface area contributed by atoms with Gasteiger partial charge >= 0.3 is 6.09 Å². The van der Waals surface area contributed by atoms with Gasteiger partial charge < -0.3 is 20.1 Å². The van der Waals surface area contributed by atoms with Crippen LogP contribution in [0.1, 0.15) is 39.2 Å². The van der Waals surface area contributed by atoms with E-state index in [1.54, 1.807) is 4.90 Å². The van der Waals surface area contributed by atoms with Crippen molar-refractivity contribution in [2.75, 3.05) is 25.0 Å². The number of aliphatic hydroxyl groups is 1. The number of aryl methyl sites for hydroxylation is 1. The molecule has 0 saturated carbocycles. The van der Waals surface area contributed by atoms with Crippen LogP contribution >= 0.6 is 11.6 Å². The minimum atomic E-state index is -0.829. The Kier molecular flexibility index (Phi) is 5.66. The van der Waals surface area contributed by atoms with Crippen LogP contribution in [0.2, 0.25) is 5.02 Å². The molecule has 0 unspecified atom stereocenters.